The average Bonchev–Trinajstić information content (AvgIpc) is 2.84. The predicted octanol–water partition coefficient (Wildman–Crippen LogP) is 3.10. The van der Waals surface area contributed by atoms with Gasteiger partial charge in [0.15, 0.2) is 0 Å². The molecule has 3 aliphatic heterocycles. The van der Waals surface area contributed by atoms with E-state index in [4.69, 9.17) is 0 Å². The van der Waals surface area contributed by atoms with Gasteiger partial charge < -0.3 is 9.80 Å². The number of thiophene rings is 1. The summed E-state index contributed by atoms with van der Waals surface area (Å²) >= 11 is 1.69. The lowest BCUT2D eigenvalue weighted by Crippen LogP contribution is -2.48. The highest BCUT2D eigenvalue weighted by molar-refractivity contribution is 7.14. The number of carbonyl (C=O) groups is 2. The number of carbonyl (C=O) groups excluding carboxylic acids is 2. The Kier molecular flexibility index (Phi) is 4.37. The molecule has 4 nitrogen and oxygen atoms in total. The van der Waals surface area contributed by atoms with Crippen molar-refractivity contribution in [1.82, 2.24) is 9.80 Å². The molecule has 0 spiro atoms. The molecule has 0 radical (unpaired) electrons. The van der Waals surface area contributed by atoms with Crippen LogP contribution in [0.2, 0.25) is 0 Å². The number of rotatable bonds is 3. The number of hydrogen-bond acceptors (Lipinski definition) is 3. The summed E-state index contributed by atoms with van der Waals surface area (Å²) in [6.07, 6.45) is 7.70. The van der Waals surface area contributed by atoms with E-state index < -0.39 is 0 Å². The maximum Gasteiger partial charge on any atom is 0.264 e. The molecule has 0 aromatic carbocycles. The van der Waals surface area contributed by atoms with Crippen LogP contribution < -0.4 is 0 Å². The Hall–Kier alpha value is -1.36. The molecule has 2 bridgehead atoms. The fourth-order valence-electron chi connectivity index (χ4n) is 4.49. The van der Waals surface area contributed by atoms with Gasteiger partial charge in [-0.05, 0) is 56.6 Å². The summed E-state index contributed by atoms with van der Waals surface area (Å²) in [4.78, 5) is 32.0. The second-order valence-corrected chi connectivity index (χ2v) is 8.57. The fourth-order valence-corrected chi connectivity index (χ4v) is 5.71. The molecule has 2 atom stereocenters. The number of hydrogen-bond donors (Lipinski definition) is 0. The van der Waals surface area contributed by atoms with Gasteiger partial charge in [-0.15, -0.1) is 11.3 Å². The van der Waals surface area contributed by atoms with Crippen molar-refractivity contribution in [3.05, 3.63) is 21.4 Å². The van der Waals surface area contributed by atoms with Gasteiger partial charge in [-0.2, -0.15) is 0 Å². The number of fused-ring (bicyclic) bond motifs is 5. The first kappa shape index (κ1) is 16.1. The molecular formula is C19H26N2O2S. The molecule has 4 aliphatic rings. The van der Waals surface area contributed by atoms with Crippen LogP contribution in [-0.4, -0.2) is 47.3 Å². The van der Waals surface area contributed by atoms with Crippen molar-refractivity contribution < 1.29 is 9.59 Å². The van der Waals surface area contributed by atoms with E-state index in [1.165, 1.54) is 23.3 Å². The van der Waals surface area contributed by atoms with Gasteiger partial charge in [0.25, 0.3) is 5.91 Å². The van der Waals surface area contributed by atoms with Crippen molar-refractivity contribution in [2.24, 2.45) is 5.92 Å². The van der Waals surface area contributed by atoms with Crippen molar-refractivity contribution >= 4 is 23.2 Å². The van der Waals surface area contributed by atoms with Crippen LogP contribution in [0.1, 0.15) is 59.1 Å². The minimum absolute atomic E-state index is 0.00818. The highest BCUT2D eigenvalue weighted by Crippen LogP contribution is 2.33. The van der Waals surface area contributed by atoms with E-state index in [0.717, 1.165) is 43.5 Å². The highest BCUT2D eigenvalue weighted by atomic mass is 32.1. The molecule has 0 saturated carbocycles. The monoisotopic (exact) mass is 346 g/mol. The van der Waals surface area contributed by atoms with E-state index in [0.29, 0.717) is 13.1 Å². The third-order valence-electron chi connectivity index (χ3n) is 5.75. The second-order valence-electron chi connectivity index (χ2n) is 7.44. The zero-order chi connectivity index (χ0) is 16.7. The van der Waals surface area contributed by atoms with E-state index in [1.807, 2.05) is 9.80 Å². The van der Waals surface area contributed by atoms with Crippen LogP contribution in [0.15, 0.2) is 6.07 Å². The van der Waals surface area contributed by atoms with Gasteiger partial charge in [-0.25, -0.2) is 0 Å². The number of nitrogens with zero attached hydrogens (tertiary/aromatic N) is 2. The summed E-state index contributed by atoms with van der Waals surface area (Å²) in [5.74, 6) is 0.431. The van der Waals surface area contributed by atoms with Crippen molar-refractivity contribution in [1.29, 1.82) is 0 Å². The lowest BCUT2D eigenvalue weighted by molar-refractivity contribution is -0.139. The van der Waals surface area contributed by atoms with Gasteiger partial charge in [-0.1, -0.05) is 6.92 Å². The van der Waals surface area contributed by atoms with Crippen LogP contribution in [0.5, 0.6) is 0 Å². The molecule has 3 fully saturated rings. The lowest BCUT2D eigenvalue weighted by Gasteiger charge is -2.35. The zero-order valence-corrected chi connectivity index (χ0v) is 15.2. The van der Waals surface area contributed by atoms with Gasteiger partial charge in [0.05, 0.1) is 10.8 Å². The van der Waals surface area contributed by atoms with Gasteiger partial charge in [-0.3, -0.25) is 9.59 Å². The van der Waals surface area contributed by atoms with Gasteiger partial charge in [0.1, 0.15) is 0 Å². The third kappa shape index (κ3) is 2.77. The Morgan fingerprint density at radius 3 is 2.88 bits per heavy atom. The third-order valence-corrected chi connectivity index (χ3v) is 6.98. The minimum atomic E-state index is 0.00818. The Labute approximate surface area is 147 Å². The highest BCUT2D eigenvalue weighted by Gasteiger charge is 2.41. The molecule has 1 aromatic heterocycles. The van der Waals surface area contributed by atoms with Crippen molar-refractivity contribution in [3.63, 3.8) is 0 Å². The van der Waals surface area contributed by atoms with Crippen LogP contribution in [0.25, 0.3) is 0 Å². The summed E-state index contributed by atoms with van der Waals surface area (Å²) in [5, 5.41) is 0. The summed E-state index contributed by atoms with van der Waals surface area (Å²) in [6, 6.07) is 2.34. The number of aryl methyl sites for hydroxylation is 2. The lowest BCUT2D eigenvalue weighted by atomic mass is 9.94. The molecule has 24 heavy (non-hydrogen) atoms. The van der Waals surface area contributed by atoms with Crippen molar-refractivity contribution in [2.75, 3.05) is 19.6 Å². The van der Waals surface area contributed by atoms with Gasteiger partial charge in [0, 0.05) is 30.6 Å². The SMILES string of the molecule is CCCN1C(=O)[C@@H]2CC[C@H]1CN(C(=O)c1cc3c(s1)CCCC3)C2. The first-order chi connectivity index (χ1) is 11.7. The number of piperidine rings is 1. The summed E-state index contributed by atoms with van der Waals surface area (Å²) in [5.41, 5.74) is 1.39. The number of amides is 2. The summed E-state index contributed by atoms with van der Waals surface area (Å²) in [7, 11) is 0. The maximum atomic E-state index is 13.1. The molecule has 0 N–H and O–H groups in total. The van der Waals surface area contributed by atoms with Crippen LogP contribution in [-0.2, 0) is 17.6 Å². The van der Waals surface area contributed by atoms with Crippen LogP contribution in [0.4, 0.5) is 0 Å². The second kappa shape index (κ2) is 6.51. The normalized spacial score (nSPS) is 26.5. The molecule has 2 amide bonds. The zero-order valence-electron chi connectivity index (χ0n) is 14.4. The Balaban J connectivity index is 1.55. The summed E-state index contributed by atoms with van der Waals surface area (Å²) in [6.45, 7) is 4.26. The minimum Gasteiger partial charge on any atom is -0.338 e. The van der Waals surface area contributed by atoms with E-state index >= 15 is 0 Å². The smallest absolute Gasteiger partial charge is 0.264 e. The quantitative estimate of drug-likeness (QED) is 0.844. The first-order valence-corrected chi connectivity index (χ1v) is 10.2. The first-order valence-electron chi connectivity index (χ1n) is 9.38. The van der Waals surface area contributed by atoms with Gasteiger partial charge >= 0.3 is 0 Å². The molecule has 4 heterocycles. The van der Waals surface area contributed by atoms with E-state index in [2.05, 4.69) is 13.0 Å². The topological polar surface area (TPSA) is 40.6 Å². The van der Waals surface area contributed by atoms with E-state index in [-0.39, 0.29) is 23.8 Å². The largest absolute Gasteiger partial charge is 0.338 e. The molecular weight excluding hydrogens is 320 g/mol. The Morgan fingerprint density at radius 2 is 2.08 bits per heavy atom. The average molecular weight is 346 g/mol. The molecule has 1 aliphatic carbocycles. The van der Waals surface area contributed by atoms with Gasteiger partial charge in [0.2, 0.25) is 5.91 Å². The molecule has 3 saturated heterocycles. The van der Waals surface area contributed by atoms with Crippen molar-refractivity contribution in [2.45, 2.75) is 57.9 Å². The fraction of sp³-hybridized carbons (Fsp3) is 0.684. The molecule has 5 heteroatoms. The predicted molar refractivity (Wildman–Crippen MR) is 95.4 cm³/mol. The molecule has 5 rings (SSSR count). The summed E-state index contributed by atoms with van der Waals surface area (Å²) < 4.78 is 0. The van der Waals surface area contributed by atoms with Crippen molar-refractivity contribution in [3.8, 4) is 0 Å². The standard InChI is InChI=1S/C19H26N2O2S/c1-2-9-21-15-8-7-14(18(21)22)11-20(12-15)19(23)17-10-13-5-3-4-6-16(13)24-17/h10,14-15H,2-9,11-12H2,1H3/t14-,15+/m1/s1. The van der Waals surface area contributed by atoms with Crippen LogP contribution in [0.3, 0.4) is 0 Å². The molecule has 0 unspecified atom stereocenters. The Morgan fingerprint density at radius 1 is 1.25 bits per heavy atom. The van der Waals surface area contributed by atoms with Crippen LogP contribution in [0, 0.1) is 5.92 Å². The Bertz CT molecular complexity index is 630. The molecule has 130 valence electrons. The van der Waals surface area contributed by atoms with E-state index in [1.54, 1.807) is 11.3 Å². The maximum absolute atomic E-state index is 13.1. The van der Waals surface area contributed by atoms with E-state index in [9.17, 15) is 9.59 Å². The molecule has 1 aromatic rings. The van der Waals surface area contributed by atoms with Crippen LogP contribution >= 0.6 is 11.3 Å².